The van der Waals surface area contributed by atoms with Crippen LogP contribution in [0.4, 0.5) is 4.39 Å². The number of aromatic nitrogens is 2. The van der Waals surface area contributed by atoms with Crippen molar-refractivity contribution in [2.24, 2.45) is 0 Å². The first kappa shape index (κ1) is 24.6. The molecule has 2 aromatic rings. The standard InChI is InChI=1S/C21H28FN3O.2ClH/c1-17-23-20(18-8-10-19(22)11-9-18)16-21(24-17)26-15-7-3-6-14-25-12-4-2-5-13-25;;/h8-11,16H,2-7,12-15H2,1H3;2*1H. The molecule has 4 nitrogen and oxygen atoms in total. The summed E-state index contributed by atoms with van der Waals surface area (Å²) in [5.41, 5.74) is 1.63. The van der Waals surface area contributed by atoms with Crippen LogP contribution >= 0.6 is 24.8 Å². The summed E-state index contributed by atoms with van der Waals surface area (Å²) in [7, 11) is 0. The fraction of sp³-hybridized carbons (Fsp3) is 0.524. The summed E-state index contributed by atoms with van der Waals surface area (Å²) in [6.07, 6.45) is 7.53. The number of rotatable bonds is 8. The molecule has 1 aliphatic rings. The van der Waals surface area contributed by atoms with Crippen LogP contribution in [0.5, 0.6) is 5.88 Å². The van der Waals surface area contributed by atoms with E-state index in [9.17, 15) is 4.39 Å². The highest BCUT2D eigenvalue weighted by Crippen LogP contribution is 2.21. The van der Waals surface area contributed by atoms with Crippen molar-refractivity contribution in [3.8, 4) is 17.1 Å². The molecule has 1 aromatic heterocycles. The van der Waals surface area contributed by atoms with E-state index in [1.807, 2.05) is 13.0 Å². The highest BCUT2D eigenvalue weighted by Gasteiger charge is 2.09. The van der Waals surface area contributed by atoms with Crippen molar-refractivity contribution < 1.29 is 9.13 Å². The molecular formula is C21H30Cl2FN3O. The molecule has 0 N–H and O–H groups in total. The van der Waals surface area contributed by atoms with Gasteiger partial charge in [0.2, 0.25) is 5.88 Å². The lowest BCUT2D eigenvalue weighted by atomic mass is 10.1. The van der Waals surface area contributed by atoms with Crippen molar-refractivity contribution in [3.05, 3.63) is 42.0 Å². The summed E-state index contributed by atoms with van der Waals surface area (Å²) in [5.74, 6) is 1.00. The highest BCUT2D eigenvalue weighted by molar-refractivity contribution is 5.85. The van der Waals surface area contributed by atoms with Crippen LogP contribution in [0, 0.1) is 12.7 Å². The van der Waals surface area contributed by atoms with Gasteiger partial charge in [0.25, 0.3) is 0 Å². The third-order valence-corrected chi connectivity index (χ3v) is 4.77. The van der Waals surface area contributed by atoms with E-state index in [4.69, 9.17) is 4.74 Å². The molecule has 3 rings (SSSR count). The lowest BCUT2D eigenvalue weighted by Crippen LogP contribution is -2.30. The average Bonchev–Trinajstić information content (AvgIpc) is 2.65. The number of aryl methyl sites for hydroxylation is 1. The second-order valence-electron chi connectivity index (χ2n) is 6.96. The minimum Gasteiger partial charge on any atom is -0.478 e. The number of nitrogens with zero attached hydrogens (tertiary/aromatic N) is 3. The smallest absolute Gasteiger partial charge is 0.217 e. The molecule has 156 valence electrons. The normalized spacial score (nSPS) is 14.1. The van der Waals surface area contributed by atoms with Gasteiger partial charge in [0, 0.05) is 11.6 Å². The first-order valence-corrected chi connectivity index (χ1v) is 9.67. The molecule has 2 heterocycles. The third-order valence-electron chi connectivity index (χ3n) is 4.77. The molecular weight excluding hydrogens is 400 g/mol. The van der Waals surface area contributed by atoms with E-state index < -0.39 is 0 Å². The van der Waals surface area contributed by atoms with Crippen LogP contribution in [0.2, 0.25) is 0 Å². The molecule has 0 unspecified atom stereocenters. The molecule has 0 aliphatic carbocycles. The number of hydrogen-bond acceptors (Lipinski definition) is 4. The van der Waals surface area contributed by atoms with Gasteiger partial charge in [0.1, 0.15) is 11.6 Å². The number of halogens is 3. The molecule has 1 saturated heterocycles. The van der Waals surface area contributed by atoms with Crippen LogP contribution in [0.25, 0.3) is 11.3 Å². The van der Waals surface area contributed by atoms with Gasteiger partial charge >= 0.3 is 0 Å². The van der Waals surface area contributed by atoms with Gasteiger partial charge in [-0.15, -0.1) is 24.8 Å². The zero-order chi connectivity index (χ0) is 18.2. The monoisotopic (exact) mass is 429 g/mol. The maximum absolute atomic E-state index is 13.1. The van der Waals surface area contributed by atoms with Crippen molar-refractivity contribution in [1.29, 1.82) is 0 Å². The Balaban J connectivity index is 0.00000196. The number of hydrogen-bond donors (Lipinski definition) is 0. The van der Waals surface area contributed by atoms with Crippen molar-refractivity contribution in [3.63, 3.8) is 0 Å². The fourth-order valence-corrected chi connectivity index (χ4v) is 3.36. The van der Waals surface area contributed by atoms with Gasteiger partial charge in [-0.1, -0.05) is 6.42 Å². The molecule has 0 bridgehead atoms. The Labute approximate surface area is 179 Å². The average molecular weight is 430 g/mol. The summed E-state index contributed by atoms with van der Waals surface area (Å²) in [6, 6.07) is 8.15. The number of ether oxygens (including phenoxy) is 1. The van der Waals surface area contributed by atoms with E-state index in [0.29, 0.717) is 18.3 Å². The van der Waals surface area contributed by atoms with Crippen LogP contribution < -0.4 is 4.74 Å². The molecule has 1 aliphatic heterocycles. The first-order valence-electron chi connectivity index (χ1n) is 9.67. The topological polar surface area (TPSA) is 38.2 Å². The molecule has 7 heteroatoms. The summed E-state index contributed by atoms with van der Waals surface area (Å²) < 4.78 is 18.9. The van der Waals surface area contributed by atoms with Crippen molar-refractivity contribution in [2.75, 3.05) is 26.2 Å². The fourth-order valence-electron chi connectivity index (χ4n) is 3.36. The second kappa shape index (κ2) is 12.9. The Morgan fingerprint density at radius 1 is 0.964 bits per heavy atom. The van der Waals surface area contributed by atoms with Crippen LogP contribution in [-0.2, 0) is 0 Å². The van der Waals surface area contributed by atoms with Gasteiger partial charge in [-0.05, 0) is 82.9 Å². The lowest BCUT2D eigenvalue weighted by molar-refractivity contribution is 0.220. The van der Waals surface area contributed by atoms with E-state index in [1.165, 1.54) is 63.9 Å². The maximum atomic E-state index is 13.1. The van der Waals surface area contributed by atoms with Gasteiger partial charge in [0.15, 0.2) is 0 Å². The minimum absolute atomic E-state index is 0. The first-order chi connectivity index (χ1) is 12.7. The largest absolute Gasteiger partial charge is 0.478 e. The summed E-state index contributed by atoms with van der Waals surface area (Å²) in [4.78, 5) is 11.4. The van der Waals surface area contributed by atoms with E-state index in [2.05, 4.69) is 14.9 Å². The zero-order valence-electron chi connectivity index (χ0n) is 16.4. The van der Waals surface area contributed by atoms with Crippen LogP contribution in [0.15, 0.2) is 30.3 Å². The van der Waals surface area contributed by atoms with Crippen LogP contribution in [0.3, 0.4) is 0 Å². The number of unbranched alkanes of at least 4 members (excludes halogenated alkanes) is 2. The van der Waals surface area contributed by atoms with Gasteiger partial charge in [-0.25, -0.2) is 9.37 Å². The van der Waals surface area contributed by atoms with Crippen LogP contribution in [-0.4, -0.2) is 41.1 Å². The molecule has 0 amide bonds. The quantitative estimate of drug-likeness (QED) is 0.521. The summed E-state index contributed by atoms with van der Waals surface area (Å²) in [6.45, 7) is 6.25. The van der Waals surface area contributed by atoms with Gasteiger partial charge in [-0.3, -0.25) is 0 Å². The van der Waals surface area contributed by atoms with Crippen molar-refractivity contribution >= 4 is 24.8 Å². The predicted molar refractivity (Wildman–Crippen MR) is 116 cm³/mol. The van der Waals surface area contributed by atoms with Crippen molar-refractivity contribution in [1.82, 2.24) is 14.9 Å². The SMILES string of the molecule is Cc1nc(OCCCCCN2CCCCC2)cc(-c2ccc(F)cc2)n1.Cl.Cl. The number of benzene rings is 1. The Morgan fingerprint density at radius 2 is 1.68 bits per heavy atom. The molecule has 1 aromatic carbocycles. The molecule has 1 fully saturated rings. The molecule has 0 saturated carbocycles. The van der Waals surface area contributed by atoms with E-state index in [1.54, 1.807) is 12.1 Å². The summed E-state index contributed by atoms with van der Waals surface area (Å²) in [5, 5.41) is 0. The molecule has 0 atom stereocenters. The van der Waals surface area contributed by atoms with Crippen molar-refractivity contribution in [2.45, 2.75) is 45.4 Å². The second-order valence-corrected chi connectivity index (χ2v) is 6.96. The predicted octanol–water partition coefficient (Wildman–Crippen LogP) is 5.47. The maximum Gasteiger partial charge on any atom is 0.217 e. The molecule has 28 heavy (non-hydrogen) atoms. The van der Waals surface area contributed by atoms with E-state index in [0.717, 1.165) is 17.7 Å². The van der Waals surface area contributed by atoms with E-state index >= 15 is 0 Å². The Hall–Kier alpha value is -1.43. The molecule has 0 spiro atoms. The van der Waals surface area contributed by atoms with Gasteiger partial charge in [0.05, 0.1) is 12.3 Å². The van der Waals surface area contributed by atoms with E-state index in [-0.39, 0.29) is 30.6 Å². The number of likely N-dealkylation sites (tertiary alicyclic amines) is 1. The zero-order valence-corrected chi connectivity index (χ0v) is 18.0. The Bertz CT molecular complexity index is 695. The Kier molecular flexibility index (Phi) is 11.4. The lowest BCUT2D eigenvalue weighted by Gasteiger charge is -2.26. The molecule has 0 radical (unpaired) electrons. The summed E-state index contributed by atoms with van der Waals surface area (Å²) >= 11 is 0. The van der Waals surface area contributed by atoms with Gasteiger partial charge in [-0.2, -0.15) is 4.98 Å². The van der Waals surface area contributed by atoms with Crippen LogP contribution in [0.1, 0.15) is 44.3 Å². The minimum atomic E-state index is -0.249. The number of piperidine rings is 1. The Morgan fingerprint density at radius 3 is 2.39 bits per heavy atom. The highest BCUT2D eigenvalue weighted by atomic mass is 35.5. The third kappa shape index (κ3) is 7.90. The van der Waals surface area contributed by atoms with Gasteiger partial charge < -0.3 is 9.64 Å².